The van der Waals surface area contributed by atoms with Gasteiger partial charge in [-0.3, -0.25) is 0 Å². The molecule has 0 saturated heterocycles. The number of unbranched alkanes of at least 4 members (excludes halogenated alkanes) is 3. The van der Waals surface area contributed by atoms with Crippen LogP contribution in [0.25, 0.3) is 0 Å². The van der Waals surface area contributed by atoms with Crippen molar-refractivity contribution in [2.24, 2.45) is 0 Å². The van der Waals surface area contributed by atoms with E-state index in [2.05, 4.69) is 11.9 Å². The zero-order valence-corrected chi connectivity index (χ0v) is 8.50. The van der Waals surface area contributed by atoms with Gasteiger partial charge in [-0.15, -0.1) is 0 Å². The second kappa shape index (κ2) is 6.35. The van der Waals surface area contributed by atoms with Crippen LogP contribution in [0.2, 0.25) is 0 Å². The normalized spacial score (nSPS) is 10.1. The van der Waals surface area contributed by atoms with Gasteiger partial charge in [0.25, 0.3) is 5.95 Å². The topological polar surface area (TPSA) is 22.1 Å². The molecule has 0 amide bonds. The summed E-state index contributed by atoms with van der Waals surface area (Å²) >= 11 is 0. The van der Waals surface area contributed by atoms with Crippen molar-refractivity contribution in [3.8, 4) is 5.75 Å². The van der Waals surface area contributed by atoms with E-state index in [0.717, 1.165) is 12.8 Å². The third kappa shape index (κ3) is 3.73. The number of ether oxygens (including phenoxy) is 1. The van der Waals surface area contributed by atoms with Gasteiger partial charge in [-0.2, -0.15) is 4.39 Å². The van der Waals surface area contributed by atoms with Crippen LogP contribution in [-0.4, -0.2) is 11.6 Å². The third-order valence-electron chi connectivity index (χ3n) is 1.98. The summed E-state index contributed by atoms with van der Waals surface area (Å²) in [5.74, 6) is -0.271. The van der Waals surface area contributed by atoms with Crippen LogP contribution >= 0.6 is 0 Å². The quantitative estimate of drug-likeness (QED) is 0.516. The first-order valence-corrected chi connectivity index (χ1v) is 5.08. The highest BCUT2D eigenvalue weighted by Gasteiger charge is 2.01. The fraction of sp³-hybridized carbons (Fsp3) is 0.545. The molecule has 0 aliphatic carbocycles. The van der Waals surface area contributed by atoms with Gasteiger partial charge in [0, 0.05) is 6.20 Å². The number of halogens is 1. The van der Waals surface area contributed by atoms with Crippen molar-refractivity contribution in [3.63, 3.8) is 0 Å². The average Bonchev–Trinajstić information content (AvgIpc) is 2.20. The molecule has 2 nitrogen and oxygen atoms in total. The van der Waals surface area contributed by atoms with Gasteiger partial charge in [-0.05, 0) is 18.6 Å². The second-order valence-electron chi connectivity index (χ2n) is 3.20. The van der Waals surface area contributed by atoms with Crippen molar-refractivity contribution in [1.29, 1.82) is 0 Å². The van der Waals surface area contributed by atoms with Crippen molar-refractivity contribution in [2.45, 2.75) is 32.6 Å². The highest BCUT2D eigenvalue weighted by atomic mass is 19.1. The monoisotopic (exact) mass is 197 g/mol. The first kappa shape index (κ1) is 11.0. The minimum Gasteiger partial charge on any atom is -0.489 e. The molecular weight excluding hydrogens is 181 g/mol. The van der Waals surface area contributed by atoms with Gasteiger partial charge in [-0.1, -0.05) is 26.2 Å². The summed E-state index contributed by atoms with van der Waals surface area (Å²) in [7, 11) is 0. The molecule has 0 bridgehead atoms. The number of aromatic nitrogens is 1. The molecule has 1 heterocycles. The summed E-state index contributed by atoms with van der Waals surface area (Å²) < 4.78 is 18.2. The molecule has 0 aliphatic heterocycles. The summed E-state index contributed by atoms with van der Waals surface area (Å²) in [5, 5.41) is 0. The van der Waals surface area contributed by atoms with Crippen LogP contribution in [-0.2, 0) is 0 Å². The molecule has 0 radical (unpaired) electrons. The molecule has 0 aromatic carbocycles. The van der Waals surface area contributed by atoms with Gasteiger partial charge < -0.3 is 4.74 Å². The highest BCUT2D eigenvalue weighted by Crippen LogP contribution is 2.13. The van der Waals surface area contributed by atoms with Crippen LogP contribution in [0.3, 0.4) is 0 Å². The predicted molar refractivity (Wildman–Crippen MR) is 53.8 cm³/mol. The van der Waals surface area contributed by atoms with Crippen molar-refractivity contribution < 1.29 is 9.13 Å². The standard InChI is InChI=1S/C11H16FNO/c1-2-3-4-5-9-14-10-7-6-8-13-11(10)12/h6-8H,2-5,9H2,1H3. The van der Waals surface area contributed by atoms with E-state index in [0.29, 0.717) is 6.61 Å². The molecule has 1 aromatic heterocycles. The van der Waals surface area contributed by atoms with Gasteiger partial charge in [0.05, 0.1) is 6.61 Å². The molecule has 0 N–H and O–H groups in total. The SMILES string of the molecule is CCCCCCOc1cccnc1F. The molecule has 78 valence electrons. The van der Waals surface area contributed by atoms with Gasteiger partial charge >= 0.3 is 0 Å². The van der Waals surface area contributed by atoms with Gasteiger partial charge in [0.1, 0.15) is 0 Å². The second-order valence-corrected chi connectivity index (χ2v) is 3.20. The van der Waals surface area contributed by atoms with Crippen LogP contribution in [0.15, 0.2) is 18.3 Å². The highest BCUT2D eigenvalue weighted by molar-refractivity contribution is 5.17. The van der Waals surface area contributed by atoms with E-state index >= 15 is 0 Å². The molecule has 0 saturated carbocycles. The average molecular weight is 197 g/mol. The third-order valence-corrected chi connectivity index (χ3v) is 1.98. The fourth-order valence-electron chi connectivity index (χ4n) is 1.19. The maximum atomic E-state index is 12.9. The lowest BCUT2D eigenvalue weighted by Gasteiger charge is -2.05. The maximum Gasteiger partial charge on any atom is 0.255 e. The Bertz CT molecular complexity index is 265. The Morgan fingerprint density at radius 1 is 1.36 bits per heavy atom. The van der Waals surface area contributed by atoms with Crippen molar-refractivity contribution in [2.75, 3.05) is 6.61 Å². The van der Waals surface area contributed by atoms with Crippen LogP contribution < -0.4 is 4.74 Å². The Labute approximate surface area is 84.1 Å². The molecule has 0 unspecified atom stereocenters. The Hall–Kier alpha value is -1.12. The first-order valence-electron chi connectivity index (χ1n) is 5.08. The summed E-state index contributed by atoms with van der Waals surface area (Å²) in [6.45, 7) is 2.73. The van der Waals surface area contributed by atoms with Crippen LogP contribution in [0.4, 0.5) is 4.39 Å². The summed E-state index contributed by atoms with van der Waals surface area (Å²) in [5.41, 5.74) is 0. The molecular formula is C11H16FNO. The predicted octanol–water partition coefficient (Wildman–Crippen LogP) is 3.18. The molecule has 0 aliphatic rings. The number of pyridine rings is 1. The van der Waals surface area contributed by atoms with E-state index in [1.54, 1.807) is 12.1 Å². The van der Waals surface area contributed by atoms with E-state index in [1.165, 1.54) is 19.0 Å². The minimum absolute atomic E-state index is 0.254. The first-order chi connectivity index (χ1) is 6.84. The maximum absolute atomic E-state index is 12.9. The Kier molecular flexibility index (Phi) is 4.97. The van der Waals surface area contributed by atoms with Crippen molar-refractivity contribution in [3.05, 3.63) is 24.3 Å². The summed E-state index contributed by atoms with van der Waals surface area (Å²) in [6.07, 6.45) is 5.93. The zero-order chi connectivity index (χ0) is 10.2. The molecule has 1 rings (SSSR count). The summed E-state index contributed by atoms with van der Waals surface area (Å²) in [6, 6.07) is 3.27. The van der Waals surface area contributed by atoms with E-state index in [1.807, 2.05) is 0 Å². The molecule has 0 atom stereocenters. The molecule has 14 heavy (non-hydrogen) atoms. The Morgan fingerprint density at radius 3 is 2.93 bits per heavy atom. The van der Waals surface area contributed by atoms with E-state index < -0.39 is 5.95 Å². The zero-order valence-electron chi connectivity index (χ0n) is 8.50. The van der Waals surface area contributed by atoms with E-state index in [9.17, 15) is 4.39 Å². The smallest absolute Gasteiger partial charge is 0.255 e. The largest absolute Gasteiger partial charge is 0.489 e. The van der Waals surface area contributed by atoms with Crippen molar-refractivity contribution in [1.82, 2.24) is 4.98 Å². The molecule has 0 spiro atoms. The van der Waals surface area contributed by atoms with Gasteiger partial charge in [-0.25, -0.2) is 4.98 Å². The lowest BCUT2D eigenvalue weighted by Crippen LogP contribution is -1.99. The molecule has 0 fully saturated rings. The number of hydrogen-bond donors (Lipinski definition) is 0. The number of rotatable bonds is 6. The van der Waals surface area contributed by atoms with Crippen molar-refractivity contribution >= 4 is 0 Å². The molecule has 3 heteroatoms. The fourth-order valence-corrected chi connectivity index (χ4v) is 1.19. The minimum atomic E-state index is -0.525. The summed E-state index contributed by atoms with van der Waals surface area (Å²) in [4.78, 5) is 3.50. The van der Waals surface area contributed by atoms with E-state index in [4.69, 9.17) is 4.74 Å². The Balaban J connectivity index is 2.21. The Morgan fingerprint density at radius 2 is 2.21 bits per heavy atom. The van der Waals surface area contributed by atoms with Crippen LogP contribution in [0.1, 0.15) is 32.6 Å². The van der Waals surface area contributed by atoms with Gasteiger partial charge in [0.2, 0.25) is 0 Å². The number of nitrogens with zero attached hydrogens (tertiary/aromatic N) is 1. The van der Waals surface area contributed by atoms with Crippen LogP contribution in [0, 0.1) is 5.95 Å². The van der Waals surface area contributed by atoms with E-state index in [-0.39, 0.29) is 5.75 Å². The lowest BCUT2D eigenvalue weighted by atomic mass is 10.2. The molecule has 1 aromatic rings. The number of hydrogen-bond acceptors (Lipinski definition) is 2. The van der Waals surface area contributed by atoms with Gasteiger partial charge in [0.15, 0.2) is 5.75 Å². The van der Waals surface area contributed by atoms with Crippen LogP contribution in [0.5, 0.6) is 5.75 Å². The lowest BCUT2D eigenvalue weighted by molar-refractivity contribution is 0.286.